The number of rotatable bonds is 52. The average molecular weight is 2140 g/mol. The fraction of sp³-hybridized carbons (Fsp3) is 0.609. The predicted octanol–water partition coefficient (Wildman–Crippen LogP) is -3.54. The maximum Gasteiger partial charge on any atom is 0.472 e. The molecule has 6 unspecified atom stereocenters. The summed E-state index contributed by atoms with van der Waals surface area (Å²) in [4.78, 5) is 185. The van der Waals surface area contributed by atoms with Crippen LogP contribution in [0.1, 0.15) is 75.9 Å². The van der Waals surface area contributed by atoms with Gasteiger partial charge in [0.1, 0.15) is 122 Å². The van der Waals surface area contributed by atoms with Crippen molar-refractivity contribution in [3.63, 3.8) is 0 Å². The van der Waals surface area contributed by atoms with E-state index in [4.69, 9.17) is 141 Å². The molecule has 9 aromatic heterocycles. The highest BCUT2D eigenvalue weighted by Crippen LogP contribution is 2.57. The summed E-state index contributed by atoms with van der Waals surface area (Å²) in [6, 6.07) is 3.77. The van der Waals surface area contributed by atoms with E-state index in [1.165, 1.54) is 56.8 Å². The Morgan fingerprint density at radius 1 is 0.324 bits per heavy atom. The molecule has 24 atom stereocenters. The van der Waals surface area contributed by atoms with E-state index in [-0.39, 0.29) is 148 Å². The zero-order chi connectivity index (χ0) is 101. The van der Waals surface area contributed by atoms with Crippen LogP contribution in [0.3, 0.4) is 0 Å². The first-order chi connectivity index (χ1) is 67.5. The fourth-order valence-electron chi connectivity index (χ4n) is 15.4. The molecule has 6 fully saturated rings. The number of nitrogens with two attached hydrogens (primary N) is 6. The molecule has 142 heavy (non-hydrogen) atoms. The zero-order valence-corrected chi connectivity index (χ0v) is 79.1. The van der Waals surface area contributed by atoms with Crippen molar-refractivity contribution < 1.29 is 173 Å². The number of aromatic nitrogens is 18. The second-order valence-electron chi connectivity index (χ2n) is 31.6. The van der Waals surface area contributed by atoms with Gasteiger partial charge in [-0.3, -0.25) is 111 Å². The minimum absolute atomic E-state index is 0.0144. The van der Waals surface area contributed by atoms with E-state index in [9.17, 15) is 95.7 Å². The van der Waals surface area contributed by atoms with E-state index in [0.29, 0.717) is 0 Å². The third kappa shape index (κ3) is 27.7. The summed E-state index contributed by atoms with van der Waals surface area (Å²) in [5.74, 6) is -1.33. The highest BCUT2D eigenvalue weighted by Gasteiger charge is 2.52. The van der Waals surface area contributed by atoms with Crippen molar-refractivity contribution in [3.8, 4) is 0 Å². The van der Waals surface area contributed by atoms with Gasteiger partial charge in [-0.05, 0) is 18.2 Å². The standard InChI is InChI=1S/C69H98N24O43P6/c70-46-1-4-88(67(99)79-46)50-20-35(40(25-94)126-50)132-140(108,109)123-29-44-37(22-52(129-44)90-6-3-48(72)81-69(90)101)134-141(110,111)124-28-43-36(21-51(128-43)89-5-2-47(71)80-68(89)100)133-138(104,105)120-18-16-118-14-12-116-10-8-114-7-9-115-11-13-117-15-17-119-137(102,103)121-27-42-38(23-53(130-42)92-32-77-56-59(92)83-65(74)86-62(56)97)136-142(112,113)125-30-45-39(24-54(131-45)93-33-78-57-60(93)84-66(75)87-63(57)98)135-139(106,107)122-26-41-34(95)19-49(127-41)91-31-76-55-58(91)82-64(73)85-61(55)96/h1-6,31-45,49-54,94-95H,7-30H2,(H,102,103)(H,104,105)(H,106,107)(H,108,109)(H,110,111)(H,112,113)(H2,70,79,99)(H2,71,80,100)(H2,72,81,101)(H3,73,82,85,96)(H3,74,83,86,97)(H3,75,84,87,98)/t34-,35-,36-,37-,38-,39-,40+,41+,42+,43+,44+,45+,49+,50+,51+,52+,53+,54+/m0/s1. The molecular formula is C69H98N24O43P6. The Labute approximate surface area is 794 Å². The molecule has 0 spiro atoms. The Balaban J connectivity index is 0.462. The van der Waals surface area contributed by atoms with Gasteiger partial charge in [-0.25, -0.2) is 56.7 Å². The zero-order valence-electron chi connectivity index (χ0n) is 73.8. The summed E-state index contributed by atoms with van der Waals surface area (Å²) in [7, 11) is -31.4. The highest BCUT2D eigenvalue weighted by atomic mass is 31.2. The third-order valence-electron chi connectivity index (χ3n) is 21.9. The predicted molar refractivity (Wildman–Crippen MR) is 470 cm³/mol. The van der Waals surface area contributed by atoms with Crippen LogP contribution in [0.5, 0.6) is 0 Å². The van der Waals surface area contributed by atoms with Crippen molar-refractivity contribution in [1.82, 2.24) is 87.2 Å². The number of nitrogens with zero attached hydrogens (tertiary/aromatic N) is 15. The van der Waals surface area contributed by atoms with Crippen molar-refractivity contribution in [3.05, 3.63) is 118 Å². The first-order valence-corrected chi connectivity index (χ1v) is 51.7. The number of imidazole rings is 3. The van der Waals surface area contributed by atoms with Crippen LogP contribution in [0.4, 0.5) is 35.3 Å². The summed E-state index contributed by atoms with van der Waals surface area (Å²) in [5.41, 5.74) is 28.8. The van der Waals surface area contributed by atoms with E-state index in [1.807, 2.05) is 0 Å². The van der Waals surface area contributed by atoms with Gasteiger partial charge in [0, 0.05) is 57.1 Å². The fourth-order valence-corrected chi connectivity index (χ4v) is 20.9. The number of H-pyrrole nitrogens is 3. The molecule has 0 aromatic carbocycles. The van der Waals surface area contributed by atoms with E-state index in [0.717, 1.165) is 26.4 Å². The first kappa shape index (κ1) is 107. The lowest BCUT2D eigenvalue weighted by molar-refractivity contribution is -0.0620. The summed E-state index contributed by atoms with van der Waals surface area (Å²) in [5, 5.41) is 21.0. The molecule has 9 aromatic rings. The molecule has 23 N–H and O–H groups in total. The minimum atomic E-state index is -5.43. The lowest BCUT2D eigenvalue weighted by atomic mass is 10.2. The molecule has 782 valence electrons. The van der Waals surface area contributed by atoms with Crippen molar-refractivity contribution in [2.24, 2.45) is 0 Å². The van der Waals surface area contributed by atoms with Gasteiger partial charge in [-0.1, -0.05) is 0 Å². The number of fused-ring (bicyclic) bond motifs is 3. The summed E-state index contributed by atoms with van der Waals surface area (Å²) in [6.07, 6.45) is -20.3. The van der Waals surface area contributed by atoms with E-state index >= 15 is 0 Å². The number of hydrogen-bond donors (Lipinski definition) is 17. The van der Waals surface area contributed by atoms with Gasteiger partial charge < -0.3 is 126 Å². The van der Waals surface area contributed by atoms with E-state index < -0.39 is 270 Å². The maximum atomic E-state index is 14.2. The smallest absolute Gasteiger partial charge is 0.394 e. The van der Waals surface area contributed by atoms with Crippen LogP contribution in [0, 0.1) is 0 Å². The van der Waals surface area contributed by atoms with Crippen LogP contribution in [-0.4, -0.2) is 319 Å². The maximum absolute atomic E-state index is 14.2. The van der Waals surface area contributed by atoms with Crippen LogP contribution in [0.25, 0.3) is 33.5 Å². The van der Waals surface area contributed by atoms with Gasteiger partial charge in [0.15, 0.2) is 33.5 Å². The molecule has 0 radical (unpaired) electrons. The Hall–Kier alpha value is -9.37. The molecule has 6 saturated heterocycles. The van der Waals surface area contributed by atoms with Gasteiger partial charge in [0.05, 0.1) is 144 Å². The van der Waals surface area contributed by atoms with Crippen molar-refractivity contribution in [1.29, 1.82) is 0 Å². The number of nitrogen functional groups attached to an aromatic ring is 6. The molecule has 73 heteroatoms. The van der Waals surface area contributed by atoms with Gasteiger partial charge in [-0.2, -0.15) is 29.9 Å². The molecule has 6 aliphatic rings. The number of aliphatic hydroxyl groups is 2. The molecule has 67 nitrogen and oxygen atoms in total. The molecular weight excluding hydrogens is 2040 g/mol. The van der Waals surface area contributed by atoms with Crippen LogP contribution >= 0.6 is 46.9 Å². The van der Waals surface area contributed by atoms with Crippen LogP contribution < -0.4 is 68.1 Å². The van der Waals surface area contributed by atoms with E-state index in [1.54, 1.807) is 0 Å². The normalized spacial score (nSPS) is 27.4. The first-order valence-electron chi connectivity index (χ1n) is 42.7. The molecule has 15 heterocycles. The number of aromatic amines is 3. The number of nitrogens with one attached hydrogen (secondary N) is 3. The van der Waals surface area contributed by atoms with Crippen LogP contribution in [-0.2, 0) is 134 Å². The number of anilines is 6. The van der Waals surface area contributed by atoms with Crippen molar-refractivity contribution in [2.75, 3.05) is 153 Å². The highest BCUT2D eigenvalue weighted by molar-refractivity contribution is 7.48. The summed E-state index contributed by atoms with van der Waals surface area (Å²) >= 11 is 0. The number of ether oxygens (including phenoxy) is 11. The Morgan fingerprint density at radius 2 is 0.563 bits per heavy atom. The molecule has 15 rings (SSSR count). The number of aliphatic hydroxyl groups excluding tert-OH is 2. The largest absolute Gasteiger partial charge is 0.472 e. The monoisotopic (exact) mass is 2140 g/mol. The van der Waals surface area contributed by atoms with Gasteiger partial charge in [0.2, 0.25) is 17.8 Å². The van der Waals surface area contributed by atoms with Crippen molar-refractivity contribution >= 4 is 116 Å². The third-order valence-corrected chi connectivity index (χ3v) is 27.9. The minimum Gasteiger partial charge on any atom is -0.394 e. The second kappa shape index (κ2) is 46.1. The van der Waals surface area contributed by atoms with Crippen LogP contribution in [0.2, 0.25) is 0 Å². The van der Waals surface area contributed by atoms with Gasteiger partial charge in [0.25, 0.3) is 16.7 Å². The lowest BCUT2D eigenvalue weighted by Gasteiger charge is -2.25. The number of phosphoric ester groups is 6. The Morgan fingerprint density at radius 3 is 0.859 bits per heavy atom. The number of phosphoric acid groups is 6. The Bertz CT molecular complexity index is 6610. The molecule has 0 aliphatic carbocycles. The SMILES string of the molecule is Nc1ccn([C@H]2C[C@H](OP(=O)(O)OC[C@H]3O[C@@H](n4ccc(N)nc4=O)C[C@@H]3OP(=O)(O)OC[C@H]3O[C@@H](n4ccc(N)nc4=O)C[C@@H]3OP(=O)(O)OCCOCCOCCOCCOCCOCCOP(=O)(O)OC[C@H]3O[C@@H](n4cnc5c(=O)[nH]c(N)nc54)C[C@@H]3OP(=O)(O)OC[C@H]3O[C@@H](n4cnc5c(=O)[nH]c(N)nc54)C[C@@H]3OP(=O)(O)OC[C@H]3O[C@@H](n4cnc5c(=O)[nH]c(N)nc54)C[C@@H]3O)[C@@H](CO)O2)c(=O)n1. The molecule has 0 bridgehead atoms. The number of hydrogen-bond acceptors (Lipinski definition) is 52. The van der Waals surface area contributed by atoms with Gasteiger partial charge in [-0.15, -0.1) is 0 Å². The van der Waals surface area contributed by atoms with Crippen LogP contribution in [0.15, 0.2) is 84.5 Å². The topological polar surface area (TPSA) is 928 Å². The van der Waals surface area contributed by atoms with E-state index in [2.05, 4.69) is 59.8 Å². The van der Waals surface area contributed by atoms with Crippen molar-refractivity contribution in [2.45, 2.75) is 149 Å². The molecule has 0 amide bonds. The summed E-state index contributed by atoms with van der Waals surface area (Å²) in [6.45, 7) is -6.50. The van der Waals surface area contributed by atoms with Gasteiger partial charge >= 0.3 is 64.0 Å². The summed E-state index contributed by atoms with van der Waals surface area (Å²) < 4.78 is 216. The Kier molecular flexibility index (Phi) is 34.7. The average Bonchev–Trinajstić information content (AvgIpc) is 1.61. The lowest BCUT2D eigenvalue weighted by Crippen LogP contribution is -2.31. The quantitative estimate of drug-likeness (QED) is 0.0130. The molecule has 0 saturated carbocycles. The molecule has 6 aliphatic heterocycles. The second-order valence-corrected chi connectivity index (χ2v) is 40.1.